The van der Waals surface area contributed by atoms with Gasteiger partial charge >= 0.3 is 0 Å². The molecule has 0 spiro atoms. The molecule has 0 atom stereocenters. The van der Waals surface area contributed by atoms with Crippen LogP contribution in [-0.2, 0) is 7.05 Å². The van der Waals surface area contributed by atoms with Gasteiger partial charge in [-0.15, -0.1) is 0 Å². The minimum atomic E-state index is -1.59. The first-order valence-electron chi connectivity index (χ1n) is 10.9. The quantitative estimate of drug-likeness (QED) is 0.236. The van der Waals surface area contributed by atoms with Crippen molar-refractivity contribution in [2.24, 2.45) is 7.05 Å². The lowest BCUT2D eigenvalue weighted by atomic mass is 9.99. The van der Waals surface area contributed by atoms with E-state index in [1.165, 1.54) is 38.2 Å². The number of furan rings is 1. The molecule has 5 aromatic rings. The lowest BCUT2D eigenvalue weighted by molar-refractivity contribution is -0.660. The van der Waals surface area contributed by atoms with Crippen LogP contribution >= 0.6 is 0 Å². The van der Waals surface area contributed by atoms with Gasteiger partial charge in [0.15, 0.2) is 6.20 Å². The Hall–Kier alpha value is -3.17. The smallest absolute Gasteiger partial charge is 0.216 e. The Morgan fingerprint density at radius 3 is 2.03 bits per heavy atom. The van der Waals surface area contributed by atoms with E-state index in [0.29, 0.717) is 0 Å². The van der Waals surface area contributed by atoms with Crippen LogP contribution in [0.1, 0.15) is 5.56 Å². The van der Waals surface area contributed by atoms with E-state index >= 15 is 0 Å². The molecule has 0 saturated heterocycles. The highest BCUT2D eigenvalue weighted by Crippen LogP contribution is 2.40. The van der Waals surface area contributed by atoms with Crippen molar-refractivity contribution in [3.63, 3.8) is 0 Å². The van der Waals surface area contributed by atoms with Gasteiger partial charge in [-0.3, -0.25) is 0 Å². The predicted octanol–water partition coefficient (Wildman–Crippen LogP) is 6.60. The Kier molecular flexibility index (Phi) is 4.60. The number of benzene rings is 3. The van der Waals surface area contributed by atoms with Gasteiger partial charge in [0.05, 0.1) is 13.6 Å². The minimum Gasteiger partial charge on any atom is -0.455 e. The van der Waals surface area contributed by atoms with E-state index in [1.54, 1.807) is 0 Å². The summed E-state index contributed by atoms with van der Waals surface area (Å²) in [5.74, 6) is 0. The summed E-state index contributed by atoms with van der Waals surface area (Å²) in [5, 5.41) is 3.81. The van der Waals surface area contributed by atoms with E-state index in [1.807, 2.05) is 0 Å². The van der Waals surface area contributed by atoms with Gasteiger partial charge in [-0.2, -0.15) is 0 Å². The molecule has 3 aromatic carbocycles. The molecule has 5 rings (SSSR count). The monoisotopic (exact) mass is 422 g/mol. The molecule has 154 valence electrons. The van der Waals surface area contributed by atoms with Gasteiger partial charge in [-0.1, -0.05) is 74.2 Å². The zero-order valence-electron chi connectivity index (χ0n) is 18.9. The van der Waals surface area contributed by atoms with Crippen LogP contribution in [-0.4, -0.2) is 8.07 Å². The number of fused-ring (bicyclic) bond motifs is 3. The molecule has 3 heteroatoms. The second kappa shape index (κ2) is 7.21. The van der Waals surface area contributed by atoms with Gasteiger partial charge in [0.2, 0.25) is 5.69 Å². The van der Waals surface area contributed by atoms with Gasteiger partial charge < -0.3 is 4.42 Å². The maximum Gasteiger partial charge on any atom is 0.216 e. The van der Waals surface area contributed by atoms with E-state index < -0.39 is 8.07 Å². The molecule has 2 aromatic heterocycles. The van der Waals surface area contributed by atoms with Gasteiger partial charge in [-0.05, 0) is 29.3 Å². The standard InChI is InChI=1S/C28H28NOSi/c1-19-14-15-21-22-16-17-24(31(3,4)5)26(20-11-7-6-8-12-20)28(22)30-27(21)25(19)23-13-9-10-18-29(23)2/h6-18H,1-5H3/q+1. The molecule has 0 saturated carbocycles. The SMILES string of the molecule is Cc1ccc2c(oc3c(-c4ccccc4)c([Si](C)(C)C)ccc32)c1-c1cccc[n+]1C. The zero-order chi connectivity index (χ0) is 21.8. The zero-order valence-corrected chi connectivity index (χ0v) is 19.9. The maximum absolute atomic E-state index is 6.80. The van der Waals surface area contributed by atoms with E-state index in [2.05, 4.69) is 117 Å². The first kappa shape index (κ1) is 19.8. The third-order valence-corrected chi connectivity index (χ3v) is 8.23. The number of rotatable bonds is 3. The molecule has 0 aliphatic rings. The first-order valence-corrected chi connectivity index (χ1v) is 14.4. The summed E-state index contributed by atoms with van der Waals surface area (Å²) in [5.41, 5.74) is 8.03. The second-order valence-corrected chi connectivity index (χ2v) is 14.5. The molecule has 0 aliphatic carbocycles. The molecule has 0 amide bonds. The van der Waals surface area contributed by atoms with E-state index in [9.17, 15) is 0 Å². The lowest BCUT2D eigenvalue weighted by Crippen LogP contribution is -2.39. The topological polar surface area (TPSA) is 17.0 Å². The van der Waals surface area contributed by atoms with Crippen molar-refractivity contribution >= 4 is 35.2 Å². The molecule has 0 fully saturated rings. The molecule has 0 bridgehead atoms. The molecule has 31 heavy (non-hydrogen) atoms. The lowest BCUT2D eigenvalue weighted by Gasteiger charge is -2.21. The van der Waals surface area contributed by atoms with Crippen LogP contribution in [0.2, 0.25) is 19.6 Å². The van der Waals surface area contributed by atoms with Gasteiger partial charge in [-0.25, -0.2) is 4.57 Å². The summed E-state index contributed by atoms with van der Waals surface area (Å²) in [4.78, 5) is 0. The normalized spacial score (nSPS) is 12.0. The summed E-state index contributed by atoms with van der Waals surface area (Å²) in [6.07, 6.45) is 2.09. The molecule has 2 heterocycles. The molecule has 0 unspecified atom stereocenters. The van der Waals surface area contributed by atoms with Crippen LogP contribution in [0.15, 0.2) is 83.4 Å². The number of hydrogen-bond donors (Lipinski definition) is 0. The Morgan fingerprint density at radius 1 is 0.710 bits per heavy atom. The number of aryl methyl sites for hydroxylation is 2. The Bertz CT molecular complexity index is 1420. The van der Waals surface area contributed by atoms with E-state index in [0.717, 1.165) is 16.9 Å². The highest BCUT2D eigenvalue weighted by atomic mass is 28.3. The van der Waals surface area contributed by atoms with E-state index in [-0.39, 0.29) is 0 Å². The maximum atomic E-state index is 6.80. The van der Waals surface area contributed by atoms with Crippen molar-refractivity contribution in [1.82, 2.24) is 0 Å². The molecule has 2 nitrogen and oxygen atoms in total. The van der Waals surface area contributed by atoms with Crippen LogP contribution in [0.5, 0.6) is 0 Å². The third-order valence-electron chi connectivity index (χ3n) is 6.20. The van der Waals surface area contributed by atoms with Crippen LogP contribution in [0.3, 0.4) is 0 Å². The summed E-state index contributed by atoms with van der Waals surface area (Å²) >= 11 is 0. The molecule has 0 N–H and O–H groups in total. The van der Waals surface area contributed by atoms with Gasteiger partial charge in [0, 0.05) is 28.5 Å². The molecular formula is C28H28NOSi+. The van der Waals surface area contributed by atoms with Gasteiger partial charge in [0.1, 0.15) is 18.2 Å². The van der Waals surface area contributed by atoms with Crippen LogP contribution < -0.4 is 9.75 Å². The highest BCUT2D eigenvalue weighted by Gasteiger charge is 2.26. The molecular weight excluding hydrogens is 394 g/mol. The number of nitrogens with zero attached hydrogens (tertiary/aromatic N) is 1. The fourth-order valence-electron chi connectivity index (χ4n) is 4.62. The second-order valence-electron chi connectivity index (χ2n) is 9.41. The van der Waals surface area contributed by atoms with Crippen LogP contribution in [0.4, 0.5) is 0 Å². The molecule has 0 aliphatic heterocycles. The number of pyridine rings is 1. The van der Waals surface area contributed by atoms with Crippen LogP contribution in [0, 0.1) is 6.92 Å². The van der Waals surface area contributed by atoms with Crippen LogP contribution in [0.25, 0.3) is 44.3 Å². The fraction of sp³-hybridized carbons (Fsp3) is 0.179. The van der Waals surface area contributed by atoms with Crippen molar-refractivity contribution in [3.05, 3.63) is 84.6 Å². The highest BCUT2D eigenvalue weighted by molar-refractivity contribution is 6.90. The third kappa shape index (κ3) is 3.21. The van der Waals surface area contributed by atoms with Crippen molar-refractivity contribution < 1.29 is 8.98 Å². The first-order chi connectivity index (χ1) is 14.9. The largest absolute Gasteiger partial charge is 0.455 e. The fourth-order valence-corrected chi connectivity index (χ4v) is 6.21. The summed E-state index contributed by atoms with van der Waals surface area (Å²) in [6, 6.07) is 26.1. The average Bonchev–Trinajstić information content (AvgIpc) is 3.12. The minimum absolute atomic E-state index is 0.974. The Morgan fingerprint density at radius 2 is 1.35 bits per heavy atom. The summed E-state index contributed by atoms with van der Waals surface area (Å²) in [7, 11) is 0.504. The van der Waals surface area contributed by atoms with Gasteiger partial charge in [0.25, 0.3) is 0 Å². The Labute approximate surface area is 184 Å². The molecule has 0 radical (unpaired) electrons. The predicted molar refractivity (Wildman–Crippen MR) is 133 cm³/mol. The summed E-state index contributed by atoms with van der Waals surface area (Å²) < 4.78 is 8.97. The van der Waals surface area contributed by atoms with Crippen molar-refractivity contribution in [1.29, 1.82) is 0 Å². The number of aromatic nitrogens is 1. The Balaban J connectivity index is 1.94. The average molecular weight is 423 g/mol. The number of hydrogen-bond acceptors (Lipinski definition) is 1. The van der Waals surface area contributed by atoms with E-state index in [4.69, 9.17) is 4.42 Å². The van der Waals surface area contributed by atoms with Crippen molar-refractivity contribution in [2.45, 2.75) is 26.6 Å². The summed E-state index contributed by atoms with van der Waals surface area (Å²) in [6.45, 7) is 9.38. The van der Waals surface area contributed by atoms with Crippen molar-refractivity contribution in [2.75, 3.05) is 0 Å². The van der Waals surface area contributed by atoms with Crippen molar-refractivity contribution in [3.8, 4) is 22.4 Å².